The summed E-state index contributed by atoms with van der Waals surface area (Å²) in [5.41, 5.74) is 0. The van der Waals surface area contributed by atoms with Crippen molar-refractivity contribution in [3.8, 4) is 0 Å². The van der Waals surface area contributed by atoms with E-state index in [-0.39, 0.29) is 11.9 Å². The molecule has 2 N–H and O–H groups in total. The predicted molar refractivity (Wildman–Crippen MR) is 71.4 cm³/mol. The number of nitrogens with one attached hydrogen (secondary N) is 1. The molecule has 0 aliphatic heterocycles. The molecule has 19 heavy (non-hydrogen) atoms. The molecule has 1 heterocycles. The smallest absolute Gasteiger partial charge is 0.234 e. The monoisotopic (exact) mass is 266 g/mol. The zero-order valence-corrected chi connectivity index (χ0v) is 11.5. The van der Waals surface area contributed by atoms with Gasteiger partial charge in [-0.15, -0.1) is 0 Å². The van der Waals surface area contributed by atoms with E-state index < -0.39 is 6.10 Å². The quantitative estimate of drug-likeness (QED) is 0.768. The first kappa shape index (κ1) is 14.0. The van der Waals surface area contributed by atoms with Gasteiger partial charge in [0.2, 0.25) is 5.91 Å². The van der Waals surface area contributed by atoms with Crippen molar-refractivity contribution in [1.29, 1.82) is 0 Å². The number of likely N-dealkylation sites (N-methyl/N-ethyl adjacent to an activating group) is 1. The molecule has 1 fully saturated rings. The zero-order chi connectivity index (χ0) is 13.8. The number of nitrogens with zero attached hydrogens (tertiary/aromatic N) is 3. The van der Waals surface area contributed by atoms with Gasteiger partial charge in [0, 0.05) is 18.9 Å². The Balaban J connectivity index is 1.82. The fourth-order valence-corrected chi connectivity index (χ4v) is 2.64. The average Bonchev–Trinajstić information content (AvgIpc) is 2.89. The minimum atomic E-state index is -0.452. The van der Waals surface area contributed by atoms with Gasteiger partial charge in [-0.1, -0.05) is 0 Å². The van der Waals surface area contributed by atoms with Gasteiger partial charge >= 0.3 is 0 Å². The molecule has 1 amide bonds. The van der Waals surface area contributed by atoms with Crippen LogP contribution in [0, 0.1) is 5.92 Å². The lowest BCUT2D eigenvalue weighted by Gasteiger charge is -2.18. The first-order valence-electron chi connectivity index (χ1n) is 6.64. The van der Waals surface area contributed by atoms with Gasteiger partial charge in [0.15, 0.2) is 0 Å². The molecule has 0 bridgehead atoms. The van der Waals surface area contributed by atoms with Crippen LogP contribution in [0.4, 0.5) is 0 Å². The highest BCUT2D eigenvalue weighted by Gasteiger charge is 2.34. The number of amides is 1. The SMILES string of the molecule is CN(C)CC(=O)N[C@@H]1CC(Cn2cccn2)C[C@H]1O. The average molecular weight is 266 g/mol. The second kappa shape index (κ2) is 6.16. The molecule has 1 unspecified atom stereocenters. The van der Waals surface area contributed by atoms with Crippen LogP contribution in [0.2, 0.25) is 0 Å². The third-order valence-electron chi connectivity index (χ3n) is 3.44. The molecular weight excluding hydrogens is 244 g/mol. The van der Waals surface area contributed by atoms with E-state index in [1.54, 1.807) is 6.20 Å². The lowest BCUT2D eigenvalue weighted by atomic mass is 10.1. The Morgan fingerprint density at radius 2 is 2.32 bits per heavy atom. The van der Waals surface area contributed by atoms with E-state index >= 15 is 0 Å². The number of aliphatic hydroxyl groups excluding tert-OH is 1. The predicted octanol–water partition coefficient (Wildman–Crippen LogP) is -0.300. The maximum atomic E-state index is 11.7. The Bertz CT molecular complexity index is 405. The van der Waals surface area contributed by atoms with E-state index in [4.69, 9.17) is 0 Å². The Morgan fingerprint density at radius 1 is 1.53 bits per heavy atom. The lowest BCUT2D eigenvalue weighted by molar-refractivity contribution is -0.123. The van der Waals surface area contributed by atoms with E-state index in [9.17, 15) is 9.90 Å². The van der Waals surface area contributed by atoms with Crippen molar-refractivity contribution in [3.63, 3.8) is 0 Å². The highest BCUT2D eigenvalue weighted by atomic mass is 16.3. The molecule has 0 radical (unpaired) electrons. The van der Waals surface area contributed by atoms with Crippen LogP contribution >= 0.6 is 0 Å². The van der Waals surface area contributed by atoms with Crippen LogP contribution in [0.3, 0.4) is 0 Å². The first-order valence-corrected chi connectivity index (χ1v) is 6.64. The van der Waals surface area contributed by atoms with E-state index in [1.807, 2.05) is 35.9 Å². The molecule has 0 saturated heterocycles. The number of aromatic nitrogens is 2. The Morgan fingerprint density at radius 3 is 2.95 bits per heavy atom. The fraction of sp³-hybridized carbons (Fsp3) is 0.692. The molecule has 0 aromatic carbocycles. The van der Waals surface area contributed by atoms with Crippen molar-refractivity contribution >= 4 is 5.91 Å². The van der Waals surface area contributed by atoms with Crippen molar-refractivity contribution in [2.75, 3.05) is 20.6 Å². The largest absolute Gasteiger partial charge is 0.391 e. The summed E-state index contributed by atoms with van der Waals surface area (Å²) in [5, 5.41) is 17.1. The lowest BCUT2D eigenvalue weighted by Crippen LogP contribution is -2.43. The van der Waals surface area contributed by atoms with Crippen LogP contribution in [-0.2, 0) is 11.3 Å². The first-order chi connectivity index (χ1) is 9.04. The van der Waals surface area contributed by atoms with Gasteiger partial charge < -0.3 is 15.3 Å². The third kappa shape index (κ3) is 4.04. The van der Waals surface area contributed by atoms with Gasteiger partial charge in [-0.2, -0.15) is 5.10 Å². The van der Waals surface area contributed by atoms with Crippen LogP contribution in [0.15, 0.2) is 18.5 Å². The summed E-state index contributed by atoms with van der Waals surface area (Å²) in [6.45, 7) is 1.15. The summed E-state index contributed by atoms with van der Waals surface area (Å²) >= 11 is 0. The van der Waals surface area contributed by atoms with Crippen molar-refractivity contribution in [1.82, 2.24) is 20.0 Å². The summed E-state index contributed by atoms with van der Waals surface area (Å²) in [6, 6.07) is 1.76. The normalized spacial score (nSPS) is 26.8. The summed E-state index contributed by atoms with van der Waals surface area (Å²) in [5.74, 6) is 0.327. The maximum absolute atomic E-state index is 11.7. The molecule has 1 saturated carbocycles. The van der Waals surface area contributed by atoms with Crippen LogP contribution in [0.1, 0.15) is 12.8 Å². The molecular formula is C13H22N4O2. The summed E-state index contributed by atoms with van der Waals surface area (Å²) < 4.78 is 1.88. The Kier molecular flexibility index (Phi) is 4.55. The van der Waals surface area contributed by atoms with Gasteiger partial charge in [-0.25, -0.2) is 0 Å². The third-order valence-corrected chi connectivity index (χ3v) is 3.44. The molecule has 0 spiro atoms. The number of rotatable bonds is 5. The minimum absolute atomic E-state index is 0.0335. The molecule has 1 aliphatic carbocycles. The van der Waals surface area contributed by atoms with Gasteiger partial charge in [-0.05, 0) is 38.9 Å². The van der Waals surface area contributed by atoms with Crippen LogP contribution in [0.5, 0.6) is 0 Å². The fourth-order valence-electron chi connectivity index (χ4n) is 2.64. The molecule has 1 aromatic rings. The van der Waals surface area contributed by atoms with E-state index in [1.165, 1.54) is 0 Å². The number of aliphatic hydroxyl groups is 1. The second-order valence-electron chi connectivity index (χ2n) is 5.54. The second-order valence-corrected chi connectivity index (χ2v) is 5.54. The number of carbonyl (C=O) groups is 1. The molecule has 6 heteroatoms. The van der Waals surface area contributed by atoms with Crippen LogP contribution in [0.25, 0.3) is 0 Å². The van der Waals surface area contributed by atoms with E-state index in [0.717, 1.165) is 13.0 Å². The maximum Gasteiger partial charge on any atom is 0.234 e. The van der Waals surface area contributed by atoms with Gasteiger partial charge in [0.25, 0.3) is 0 Å². The highest BCUT2D eigenvalue weighted by molar-refractivity contribution is 5.78. The van der Waals surface area contributed by atoms with Gasteiger partial charge in [0.1, 0.15) is 0 Å². The van der Waals surface area contributed by atoms with Crippen LogP contribution < -0.4 is 5.32 Å². The Hall–Kier alpha value is -1.40. The molecule has 2 rings (SSSR count). The molecule has 1 aliphatic rings. The number of hydrogen-bond donors (Lipinski definition) is 2. The molecule has 106 valence electrons. The Labute approximate surface area is 113 Å². The molecule has 6 nitrogen and oxygen atoms in total. The summed E-state index contributed by atoms with van der Waals surface area (Å²) in [4.78, 5) is 13.5. The molecule has 1 aromatic heterocycles. The van der Waals surface area contributed by atoms with Gasteiger partial charge in [-0.3, -0.25) is 9.48 Å². The van der Waals surface area contributed by atoms with E-state index in [2.05, 4.69) is 10.4 Å². The van der Waals surface area contributed by atoms with Crippen molar-refractivity contribution in [3.05, 3.63) is 18.5 Å². The zero-order valence-electron chi connectivity index (χ0n) is 11.5. The topological polar surface area (TPSA) is 70.4 Å². The number of hydrogen-bond acceptors (Lipinski definition) is 4. The standard InChI is InChI=1S/C13H22N4O2/c1-16(2)9-13(19)15-11-6-10(7-12(11)18)8-17-5-3-4-14-17/h3-5,10-12,18H,6-9H2,1-2H3,(H,15,19)/t10?,11-,12-/m1/s1. The van der Waals surface area contributed by atoms with E-state index in [0.29, 0.717) is 18.9 Å². The minimum Gasteiger partial charge on any atom is -0.391 e. The van der Waals surface area contributed by atoms with Gasteiger partial charge in [0.05, 0.1) is 18.7 Å². The summed E-state index contributed by atoms with van der Waals surface area (Å²) in [6.07, 6.45) is 4.74. The van der Waals surface area contributed by atoms with Crippen molar-refractivity contribution in [2.45, 2.75) is 31.5 Å². The summed E-state index contributed by atoms with van der Waals surface area (Å²) in [7, 11) is 3.70. The molecule has 3 atom stereocenters. The van der Waals surface area contributed by atoms with Crippen molar-refractivity contribution in [2.24, 2.45) is 5.92 Å². The van der Waals surface area contributed by atoms with Crippen molar-refractivity contribution < 1.29 is 9.90 Å². The highest BCUT2D eigenvalue weighted by Crippen LogP contribution is 2.27. The van der Waals surface area contributed by atoms with Crippen LogP contribution in [-0.4, -0.2) is 58.5 Å². The number of carbonyl (C=O) groups excluding carboxylic acids is 1.